The summed E-state index contributed by atoms with van der Waals surface area (Å²) >= 11 is 4.83. The van der Waals surface area contributed by atoms with Crippen LogP contribution in [0.5, 0.6) is 5.75 Å². The first-order valence-electron chi connectivity index (χ1n) is 11.0. The number of anilines is 1. The van der Waals surface area contributed by atoms with Gasteiger partial charge in [-0.25, -0.2) is 9.59 Å². The number of methoxy groups -OCH3 is 1. The number of ether oxygens (including phenoxy) is 3. The fraction of sp³-hybridized carbons (Fsp3) is 0.500. The van der Waals surface area contributed by atoms with Gasteiger partial charge in [0.25, 0.3) is 0 Å². The van der Waals surface area contributed by atoms with Crippen LogP contribution in [0.1, 0.15) is 43.3 Å². The summed E-state index contributed by atoms with van der Waals surface area (Å²) in [5.74, 6) is -0.101. The number of hydrogen-bond donors (Lipinski definition) is 2. The van der Waals surface area contributed by atoms with E-state index in [0.717, 1.165) is 35.8 Å². The molecular weight excluding hydrogens is 508 g/mol. The summed E-state index contributed by atoms with van der Waals surface area (Å²) < 4.78 is 16.6. The molecule has 3 rings (SSSR count). The van der Waals surface area contributed by atoms with Crippen LogP contribution >= 0.6 is 27.3 Å². The molecule has 0 atom stereocenters. The zero-order valence-corrected chi connectivity index (χ0v) is 21.9. The normalized spacial score (nSPS) is 14.6. The van der Waals surface area contributed by atoms with Gasteiger partial charge < -0.3 is 24.8 Å². The zero-order valence-electron chi connectivity index (χ0n) is 19.5. The number of carbonyl (C=O) groups is 2. The summed E-state index contributed by atoms with van der Waals surface area (Å²) in [6, 6.07) is 8.04. The number of piperidine rings is 1. The minimum absolute atomic E-state index is 0.278. The highest BCUT2D eigenvalue weighted by molar-refractivity contribution is 9.10. The maximum Gasteiger partial charge on any atom is 0.351 e. The second-order valence-corrected chi connectivity index (χ2v) is 10.7. The van der Waals surface area contributed by atoms with Crippen LogP contribution in [0, 0.1) is 5.92 Å². The van der Waals surface area contributed by atoms with Crippen molar-refractivity contribution in [2.75, 3.05) is 38.7 Å². The van der Waals surface area contributed by atoms with Gasteiger partial charge in [0.1, 0.15) is 5.60 Å². The lowest BCUT2D eigenvalue weighted by Gasteiger charge is -2.23. The number of esters is 2. The van der Waals surface area contributed by atoms with E-state index in [4.69, 9.17) is 14.2 Å². The lowest BCUT2D eigenvalue weighted by molar-refractivity contribution is -0.157. The van der Waals surface area contributed by atoms with Crippen molar-refractivity contribution >= 4 is 44.9 Å². The largest absolute Gasteiger partial charge is 0.479 e. The quantitative estimate of drug-likeness (QED) is 0.452. The fourth-order valence-corrected chi connectivity index (χ4v) is 5.53. The van der Waals surface area contributed by atoms with Crippen molar-refractivity contribution in [3.8, 4) is 16.2 Å². The molecule has 180 valence electrons. The van der Waals surface area contributed by atoms with Crippen LogP contribution in [-0.4, -0.2) is 50.9 Å². The summed E-state index contributed by atoms with van der Waals surface area (Å²) in [4.78, 5) is 25.6. The van der Waals surface area contributed by atoms with Gasteiger partial charge in [-0.2, -0.15) is 0 Å². The second-order valence-electron chi connectivity index (χ2n) is 8.93. The van der Waals surface area contributed by atoms with Crippen LogP contribution in [0.25, 0.3) is 10.4 Å². The second kappa shape index (κ2) is 11.4. The predicted octanol–water partition coefficient (Wildman–Crippen LogP) is 5.10. The third-order valence-corrected chi connectivity index (χ3v) is 7.33. The summed E-state index contributed by atoms with van der Waals surface area (Å²) in [5, 5.41) is 6.93. The maximum atomic E-state index is 12.4. The molecule has 0 radical (unpaired) electrons. The van der Waals surface area contributed by atoms with Crippen LogP contribution in [-0.2, 0) is 14.3 Å². The third-order valence-electron chi connectivity index (χ3n) is 5.11. The van der Waals surface area contributed by atoms with Crippen molar-refractivity contribution < 1.29 is 23.8 Å². The molecule has 1 aromatic carbocycles. The van der Waals surface area contributed by atoms with E-state index in [1.54, 1.807) is 20.8 Å². The highest BCUT2D eigenvalue weighted by Gasteiger charge is 2.26. The number of carbonyl (C=O) groups excluding carboxylic acids is 2. The highest BCUT2D eigenvalue weighted by Crippen LogP contribution is 2.46. The molecular formula is C24H31BrN2O5S. The molecule has 0 aliphatic carbocycles. The van der Waals surface area contributed by atoms with Crippen molar-refractivity contribution in [3.63, 3.8) is 0 Å². The standard InChI is InChI=1S/C24H31BrN2O5S/c1-24(2,3)32-18(28)14-31-20-19(25)21(33-22(20)23(29)30-4)16-6-5-7-17(12-16)27-13-15-8-10-26-11-9-15/h5-7,12,15,26-27H,8-11,13-14H2,1-4H3. The van der Waals surface area contributed by atoms with Crippen LogP contribution < -0.4 is 15.4 Å². The summed E-state index contributed by atoms with van der Waals surface area (Å²) in [5.41, 5.74) is 1.33. The van der Waals surface area contributed by atoms with Crippen molar-refractivity contribution in [2.45, 2.75) is 39.2 Å². The van der Waals surface area contributed by atoms with E-state index in [1.807, 2.05) is 18.2 Å². The fourth-order valence-electron chi connectivity index (χ4n) is 3.56. The van der Waals surface area contributed by atoms with E-state index in [1.165, 1.54) is 31.3 Å². The van der Waals surface area contributed by atoms with Crippen molar-refractivity contribution in [1.82, 2.24) is 5.32 Å². The molecule has 1 aliphatic rings. The van der Waals surface area contributed by atoms with Crippen LogP contribution in [0.15, 0.2) is 28.7 Å². The van der Waals surface area contributed by atoms with E-state index in [-0.39, 0.29) is 17.2 Å². The van der Waals surface area contributed by atoms with Crippen LogP contribution in [0.3, 0.4) is 0 Å². The Bertz CT molecular complexity index is 980. The maximum absolute atomic E-state index is 12.4. The molecule has 0 spiro atoms. The number of nitrogens with one attached hydrogen (secondary N) is 2. The first kappa shape index (κ1) is 25.5. The SMILES string of the molecule is COC(=O)c1sc(-c2cccc(NCC3CCNCC3)c2)c(Br)c1OCC(=O)OC(C)(C)C. The molecule has 0 unspecified atom stereocenters. The van der Waals surface area contributed by atoms with Gasteiger partial charge in [0.05, 0.1) is 16.5 Å². The van der Waals surface area contributed by atoms with Crippen LogP contribution in [0.2, 0.25) is 0 Å². The molecule has 1 aliphatic heterocycles. The Morgan fingerprint density at radius 2 is 1.97 bits per heavy atom. The minimum Gasteiger partial charge on any atom is -0.479 e. The van der Waals surface area contributed by atoms with E-state index in [0.29, 0.717) is 10.4 Å². The molecule has 0 amide bonds. The first-order chi connectivity index (χ1) is 15.7. The Morgan fingerprint density at radius 3 is 2.64 bits per heavy atom. The zero-order chi connectivity index (χ0) is 24.0. The van der Waals surface area contributed by atoms with E-state index in [2.05, 4.69) is 32.6 Å². The van der Waals surface area contributed by atoms with Gasteiger partial charge in [0.15, 0.2) is 17.2 Å². The van der Waals surface area contributed by atoms with E-state index < -0.39 is 17.5 Å². The lowest BCUT2D eigenvalue weighted by atomic mass is 9.98. The molecule has 7 nitrogen and oxygen atoms in total. The molecule has 2 N–H and O–H groups in total. The van der Waals surface area contributed by atoms with Crippen molar-refractivity contribution in [3.05, 3.63) is 33.6 Å². The molecule has 1 saturated heterocycles. The Labute approximate surface area is 207 Å². The summed E-state index contributed by atoms with van der Waals surface area (Å²) in [6.45, 7) is 8.11. The summed E-state index contributed by atoms with van der Waals surface area (Å²) in [6.07, 6.45) is 2.34. The van der Waals surface area contributed by atoms with Crippen molar-refractivity contribution in [1.29, 1.82) is 0 Å². The van der Waals surface area contributed by atoms with Gasteiger partial charge in [-0.15, -0.1) is 11.3 Å². The van der Waals surface area contributed by atoms with Gasteiger partial charge in [0.2, 0.25) is 0 Å². The monoisotopic (exact) mass is 538 g/mol. The highest BCUT2D eigenvalue weighted by atomic mass is 79.9. The molecule has 0 bridgehead atoms. The molecule has 2 heterocycles. The van der Waals surface area contributed by atoms with Gasteiger partial charge in [-0.1, -0.05) is 12.1 Å². The minimum atomic E-state index is -0.621. The molecule has 2 aromatic rings. The Hall–Kier alpha value is -2.10. The third kappa shape index (κ3) is 7.19. The van der Waals surface area contributed by atoms with Gasteiger partial charge in [-0.3, -0.25) is 0 Å². The number of benzene rings is 1. The van der Waals surface area contributed by atoms with Gasteiger partial charge in [0, 0.05) is 12.2 Å². The Balaban J connectivity index is 1.79. The molecule has 1 aromatic heterocycles. The topological polar surface area (TPSA) is 85.9 Å². The molecule has 1 fully saturated rings. The summed E-state index contributed by atoms with van der Waals surface area (Å²) in [7, 11) is 1.32. The lowest BCUT2D eigenvalue weighted by Crippen LogP contribution is -2.31. The average Bonchev–Trinajstić information content (AvgIpc) is 3.11. The Morgan fingerprint density at radius 1 is 1.24 bits per heavy atom. The molecule has 0 saturated carbocycles. The average molecular weight is 539 g/mol. The Kier molecular flexibility index (Phi) is 8.78. The number of thiophene rings is 1. The van der Waals surface area contributed by atoms with Gasteiger partial charge >= 0.3 is 11.9 Å². The predicted molar refractivity (Wildman–Crippen MR) is 134 cm³/mol. The van der Waals surface area contributed by atoms with E-state index in [9.17, 15) is 9.59 Å². The van der Waals surface area contributed by atoms with Crippen molar-refractivity contribution in [2.24, 2.45) is 5.92 Å². The number of hydrogen-bond acceptors (Lipinski definition) is 8. The molecule has 33 heavy (non-hydrogen) atoms. The molecule has 9 heteroatoms. The number of rotatable bonds is 8. The van der Waals surface area contributed by atoms with Crippen LogP contribution in [0.4, 0.5) is 5.69 Å². The van der Waals surface area contributed by atoms with E-state index >= 15 is 0 Å². The number of halogens is 1. The first-order valence-corrected chi connectivity index (χ1v) is 12.6. The smallest absolute Gasteiger partial charge is 0.351 e. The van der Waals surface area contributed by atoms with Gasteiger partial charge in [-0.05, 0) is 86.2 Å².